The van der Waals surface area contributed by atoms with E-state index in [9.17, 15) is 4.39 Å². The minimum Gasteiger partial charge on any atom is -0.383 e. The highest BCUT2D eigenvalue weighted by atomic mass is 35.5. The first-order valence-electron chi connectivity index (χ1n) is 5.83. The van der Waals surface area contributed by atoms with E-state index < -0.39 is 5.82 Å². The first-order valence-corrected chi connectivity index (χ1v) is 6.21. The molecule has 1 aliphatic heterocycles. The zero-order valence-corrected chi connectivity index (χ0v) is 10.7. The molecule has 0 saturated carbocycles. The lowest BCUT2D eigenvalue weighted by Gasteiger charge is -2.17. The van der Waals surface area contributed by atoms with Crippen molar-refractivity contribution in [1.82, 2.24) is 9.97 Å². The second-order valence-electron chi connectivity index (χ2n) is 4.29. The van der Waals surface area contributed by atoms with Gasteiger partial charge < -0.3 is 10.5 Å². The first-order chi connectivity index (χ1) is 9.15. The molecule has 2 heterocycles. The Morgan fingerprint density at radius 2 is 2.16 bits per heavy atom. The molecule has 0 aliphatic carbocycles. The summed E-state index contributed by atoms with van der Waals surface area (Å²) < 4.78 is 18.8. The van der Waals surface area contributed by atoms with Gasteiger partial charge in [0.15, 0.2) is 5.82 Å². The van der Waals surface area contributed by atoms with E-state index in [4.69, 9.17) is 22.1 Å². The standard InChI is InChI=1S/C13H11ClFN3O/c14-9-2-1-7(5-10(9)15)13-17-11-3-4-19-6-8(11)12(16)18-13/h1-2,5H,3-4,6H2,(H2,16,17,18). The fraction of sp³-hybridized carbons (Fsp3) is 0.231. The average Bonchev–Trinajstić information content (AvgIpc) is 2.42. The van der Waals surface area contributed by atoms with E-state index in [1.165, 1.54) is 12.1 Å². The summed E-state index contributed by atoms with van der Waals surface area (Å²) in [5.74, 6) is 0.297. The normalized spacial score (nSPS) is 14.2. The maximum atomic E-state index is 13.5. The molecule has 2 N–H and O–H groups in total. The lowest BCUT2D eigenvalue weighted by molar-refractivity contribution is 0.109. The van der Waals surface area contributed by atoms with Gasteiger partial charge in [0.1, 0.15) is 11.6 Å². The lowest BCUT2D eigenvalue weighted by Crippen LogP contribution is -2.16. The van der Waals surface area contributed by atoms with Crippen LogP contribution in [0.2, 0.25) is 5.02 Å². The molecule has 98 valence electrons. The second-order valence-corrected chi connectivity index (χ2v) is 4.70. The Morgan fingerprint density at radius 1 is 1.32 bits per heavy atom. The topological polar surface area (TPSA) is 61.0 Å². The van der Waals surface area contributed by atoms with Gasteiger partial charge in [0.2, 0.25) is 0 Å². The Bertz CT molecular complexity index is 648. The van der Waals surface area contributed by atoms with Crippen LogP contribution < -0.4 is 5.73 Å². The molecule has 2 aromatic rings. The number of nitrogen functional groups attached to an aromatic ring is 1. The third-order valence-corrected chi connectivity index (χ3v) is 3.34. The highest BCUT2D eigenvalue weighted by molar-refractivity contribution is 6.30. The van der Waals surface area contributed by atoms with Gasteiger partial charge in [-0.2, -0.15) is 0 Å². The molecule has 4 nitrogen and oxygen atoms in total. The van der Waals surface area contributed by atoms with Gasteiger partial charge in [-0.25, -0.2) is 14.4 Å². The lowest BCUT2D eigenvalue weighted by atomic mass is 10.1. The van der Waals surface area contributed by atoms with E-state index in [2.05, 4.69) is 9.97 Å². The molecule has 6 heteroatoms. The maximum Gasteiger partial charge on any atom is 0.161 e. The Hall–Kier alpha value is -1.72. The molecule has 19 heavy (non-hydrogen) atoms. The molecule has 0 bridgehead atoms. The Kier molecular flexibility index (Phi) is 3.08. The van der Waals surface area contributed by atoms with Crippen LogP contribution in [0.5, 0.6) is 0 Å². The van der Waals surface area contributed by atoms with Crippen LogP contribution in [0.4, 0.5) is 10.2 Å². The minimum absolute atomic E-state index is 0.0723. The van der Waals surface area contributed by atoms with Crippen molar-refractivity contribution in [1.29, 1.82) is 0 Å². The highest BCUT2D eigenvalue weighted by Gasteiger charge is 2.17. The molecule has 0 amide bonds. The smallest absolute Gasteiger partial charge is 0.161 e. The molecule has 0 unspecified atom stereocenters. The van der Waals surface area contributed by atoms with Crippen LogP contribution in [0.15, 0.2) is 18.2 Å². The fourth-order valence-electron chi connectivity index (χ4n) is 2.02. The largest absolute Gasteiger partial charge is 0.383 e. The van der Waals surface area contributed by atoms with Crippen molar-refractivity contribution in [2.45, 2.75) is 13.0 Å². The summed E-state index contributed by atoms with van der Waals surface area (Å²) in [4.78, 5) is 8.64. The SMILES string of the molecule is Nc1nc(-c2ccc(Cl)c(F)c2)nc2c1COCC2. The van der Waals surface area contributed by atoms with E-state index in [0.717, 1.165) is 11.3 Å². The van der Waals surface area contributed by atoms with Crippen LogP contribution in [-0.4, -0.2) is 16.6 Å². The fourth-order valence-corrected chi connectivity index (χ4v) is 2.14. The minimum atomic E-state index is -0.498. The summed E-state index contributed by atoms with van der Waals surface area (Å²) in [7, 11) is 0. The van der Waals surface area contributed by atoms with Crippen molar-refractivity contribution in [3.63, 3.8) is 0 Å². The quantitative estimate of drug-likeness (QED) is 0.871. The van der Waals surface area contributed by atoms with Gasteiger partial charge in [-0.3, -0.25) is 0 Å². The number of ether oxygens (including phenoxy) is 1. The number of hydrogen-bond acceptors (Lipinski definition) is 4. The number of hydrogen-bond donors (Lipinski definition) is 1. The van der Waals surface area contributed by atoms with Crippen molar-refractivity contribution in [3.8, 4) is 11.4 Å². The number of benzene rings is 1. The van der Waals surface area contributed by atoms with Crippen molar-refractivity contribution in [3.05, 3.63) is 40.3 Å². The highest BCUT2D eigenvalue weighted by Crippen LogP contribution is 2.26. The summed E-state index contributed by atoms with van der Waals surface area (Å²) in [6, 6.07) is 4.46. The molecule has 0 radical (unpaired) electrons. The maximum absolute atomic E-state index is 13.5. The van der Waals surface area contributed by atoms with E-state index in [1.54, 1.807) is 6.07 Å². The second kappa shape index (κ2) is 4.75. The van der Waals surface area contributed by atoms with Crippen LogP contribution in [0.3, 0.4) is 0 Å². The van der Waals surface area contributed by atoms with E-state index >= 15 is 0 Å². The molecule has 0 saturated heterocycles. The number of nitrogens with two attached hydrogens (primary N) is 1. The van der Waals surface area contributed by atoms with E-state index in [-0.39, 0.29) is 5.02 Å². The Morgan fingerprint density at radius 3 is 2.95 bits per heavy atom. The molecule has 1 aromatic heterocycles. The first kappa shape index (κ1) is 12.3. The number of rotatable bonds is 1. The van der Waals surface area contributed by atoms with Gasteiger partial charge in [-0.05, 0) is 18.2 Å². The van der Waals surface area contributed by atoms with Gasteiger partial charge in [-0.1, -0.05) is 11.6 Å². The van der Waals surface area contributed by atoms with Gasteiger partial charge in [-0.15, -0.1) is 0 Å². The van der Waals surface area contributed by atoms with Crippen LogP contribution >= 0.6 is 11.6 Å². The number of halogens is 2. The third-order valence-electron chi connectivity index (χ3n) is 3.03. The number of fused-ring (bicyclic) bond motifs is 1. The van der Waals surface area contributed by atoms with Crippen LogP contribution in [0.1, 0.15) is 11.3 Å². The number of nitrogens with zero attached hydrogens (tertiary/aromatic N) is 2. The molecule has 1 aliphatic rings. The van der Waals surface area contributed by atoms with Gasteiger partial charge in [0.25, 0.3) is 0 Å². The van der Waals surface area contributed by atoms with Gasteiger partial charge in [0.05, 0.1) is 23.9 Å². The van der Waals surface area contributed by atoms with Crippen LogP contribution in [-0.2, 0) is 17.8 Å². The molecule has 1 aromatic carbocycles. The Balaban J connectivity index is 2.10. The predicted molar refractivity (Wildman–Crippen MR) is 70.2 cm³/mol. The summed E-state index contributed by atoms with van der Waals surface area (Å²) in [5, 5.41) is 0.0723. The summed E-state index contributed by atoms with van der Waals surface area (Å²) in [6.45, 7) is 1.04. The van der Waals surface area contributed by atoms with E-state index in [1.807, 2.05) is 0 Å². The summed E-state index contributed by atoms with van der Waals surface area (Å²) >= 11 is 5.66. The average molecular weight is 280 g/mol. The van der Waals surface area contributed by atoms with Crippen LogP contribution in [0.25, 0.3) is 11.4 Å². The zero-order chi connectivity index (χ0) is 13.4. The molecule has 0 fully saturated rings. The zero-order valence-electron chi connectivity index (χ0n) is 9.99. The molecular formula is C13H11ClFN3O. The molecule has 0 spiro atoms. The Labute approximate surface area is 114 Å². The number of aromatic nitrogens is 2. The van der Waals surface area contributed by atoms with Gasteiger partial charge >= 0.3 is 0 Å². The molecule has 0 atom stereocenters. The van der Waals surface area contributed by atoms with Crippen LogP contribution in [0, 0.1) is 5.82 Å². The monoisotopic (exact) mass is 279 g/mol. The summed E-state index contributed by atoms with van der Waals surface area (Å²) in [6.07, 6.45) is 0.686. The molecular weight excluding hydrogens is 269 g/mol. The van der Waals surface area contributed by atoms with Crippen molar-refractivity contribution in [2.75, 3.05) is 12.3 Å². The third kappa shape index (κ3) is 2.27. The van der Waals surface area contributed by atoms with Crippen molar-refractivity contribution >= 4 is 17.4 Å². The predicted octanol–water partition coefficient (Wildman–Crippen LogP) is 2.59. The van der Waals surface area contributed by atoms with Gasteiger partial charge in [0, 0.05) is 17.5 Å². The molecule has 3 rings (SSSR count). The van der Waals surface area contributed by atoms with E-state index in [0.29, 0.717) is 36.8 Å². The number of anilines is 1. The summed E-state index contributed by atoms with van der Waals surface area (Å²) in [5.41, 5.74) is 8.14. The van der Waals surface area contributed by atoms with Crippen molar-refractivity contribution < 1.29 is 9.13 Å². The van der Waals surface area contributed by atoms with Crippen molar-refractivity contribution in [2.24, 2.45) is 0 Å².